The third kappa shape index (κ3) is 6.37. The first kappa shape index (κ1) is 27.2. The van der Waals surface area contributed by atoms with Crippen LogP contribution < -0.4 is 25.7 Å². The molecule has 0 spiro atoms. The summed E-state index contributed by atoms with van der Waals surface area (Å²) in [4.78, 5) is 4.76. The Morgan fingerprint density at radius 3 is 1.92 bits per heavy atom. The number of anilines is 2. The maximum absolute atomic E-state index is 7.02. The lowest BCUT2D eigenvalue weighted by Gasteiger charge is -2.43. The normalized spacial score (nSPS) is 15.1. The van der Waals surface area contributed by atoms with Crippen LogP contribution in [-0.2, 0) is 4.43 Å². The van der Waals surface area contributed by atoms with Crippen molar-refractivity contribution < 1.29 is 9.16 Å². The summed E-state index contributed by atoms with van der Waals surface area (Å²) in [5, 5.41) is 2.63. The summed E-state index contributed by atoms with van der Waals surface area (Å²) in [7, 11) is -0.313. The lowest BCUT2D eigenvalue weighted by Crippen LogP contribution is -2.66. The van der Waals surface area contributed by atoms with Gasteiger partial charge in [0.1, 0.15) is 5.75 Å². The van der Waals surface area contributed by atoms with Crippen molar-refractivity contribution in [2.45, 2.75) is 38.7 Å². The van der Waals surface area contributed by atoms with Crippen molar-refractivity contribution in [2.75, 3.05) is 57.1 Å². The van der Waals surface area contributed by atoms with E-state index in [9.17, 15) is 0 Å². The fraction of sp³-hybridized carbons (Fsp3) is 0.419. The zero-order valence-corrected chi connectivity index (χ0v) is 24.0. The van der Waals surface area contributed by atoms with Gasteiger partial charge < -0.3 is 24.7 Å². The van der Waals surface area contributed by atoms with Crippen LogP contribution in [0.1, 0.15) is 33.6 Å². The molecule has 1 saturated heterocycles. The zero-order valence-electron chi connectivity index (χ0n) is 23.0. The van der Waals surface area contributed by atoms with Crippen molar-refractivity contribution in [2.24, 2.45) is 0 Å². The van der Waals surface area contributed by atoms with E-state index in [1.165, 1.54) is 10.4 Å². The highest BCUT2D eigenvalue weighted by Crippen LogP contribution is 2.37. The molecule has 0 radical (unpaired) electrons. The highest BCUT2D eigenvalue weighted by atomic mass is 28.4. The molecule has 5 nitrogen and oxygen atoms in total. The fourth-order valence-corrected chi connectivity index (χ4v) is 9.93. The van der Waals surface area contributed by atoms with Gasteiger partial charge in [0.15, 0.2) is 0 Å². The molecule has 3 aromatic carbocycles. The van der Waals surface area contributed by atoms with Crippen molar-refractivity contribution >= 4 is 30.1 Å². The van der Waals surface area contributed by atoms with Gasteiger partial charge in [0.05, 0.1) is 12.3 Å². The molecule has 1 aliphatic heterocycles. The molecule has 0 bridgehead atoms. The van der Waals surface area contributed by atoms with Gasteiger partial charge in [-0.25, -0.2) is 0 Å². The molecular weight excluding hydrogens is 474 g/mol. The molecular formula is C31H43N3O2Si. The Balaban J connectivity index is 1.41. The van der Waals surface area contributed by atoms with Crippen LogP contribution in [-0.4, -0.2) is 59.7 Å². The largest absolute Gasteiger partial charge is 0.491 e. The number of hydrogen-bond acceptors (Lipinski definition) is 5. The molecule has 0 saturated carbocycles. The maximum Gasteiger partial charge on any atom is 0.261 e. The summed E-state index contributed by atoms with van der Waals surface area (Å²) in [5.41, 5.74) is 7.99. The Hall–Kier alpha value is -2.80. The number of rotatable bonds is 10. The van der Waals surface area contributed by atoms with E-state index in [2.05, 4.69) is 104 Å². The molecule has 3 aromatic rings. The summed E-state index contributed by atoms with van der Waals surface area (Å²) in [6.45, 7) is 12.4. The zero-order chi connectivity index (χ0) is 26.3. The Morgan fingerprint density at radius 2 is 1.35 bits per heavy atom. The van der Waals surface area contributed by atoms with Crippen molar-refractivity contribution in [3.8, 4) is 5.75 Å². The minimum absolute atomic E-state index is 0.00875. The number of nitrogens with two attached hydrogens (primary N) is 1. The highest BCUT2D eigenvalue weighted by molar-refractivity contribution is 6.99. The fourth-order valence-electron chi connectivity index (χ4n) is 5.33. The van der Waals surface area contributed by atoms with Crippen molar-refractivity contribution in [1.82, 2.24) is 4.90 Å². The number of benzene rings is 3. The summed E-state index contributed by atoms with van der Waals surface area (Å²) < 4.78 is 13.3. The molecule has 0 unspecified atom stereocenters. The second-order valence-electron chi connectivity index (χ2n) is 11.1. The highest BCUT2D eigenvalue weighted by Gasteiger charge is 2.49. The SMILES string of the molecule is CN1CCN(c2ccc(N)cc2OCCCCO[Si](c2ccccc2)(c2ccccc2)C(C)(C)C)CC1. The van der Waals surface area contributed by atoms with E-state index < -0.39 is 8.32 Å². The van der Waals surface area contributed by atoms with Crippen LogP contribution in [0.15, 0.2) is 78.9 Å². The molecule has 0 amide bonds. The predicted octanol–water partition coefficient (Wildman–Crippen LogP) is 4.76. The molecule has 1 heterocycles. The Bertz CT molecular complexity index is 1070. The number of likely N-dealkylation sites (N-methyl/N-ethyl adjacent to an activating group) is 1. The van der Waals surface area contributed by atoms with E-state index in [1.807, 2.05) is 12.1 Å². The standard InChI is InChI=1S/C31H43N3O2Si/c1-31(2,3)37(27-13-7-5-8-14-27,28-15-9-6-10-16-28)36-24-12-11-23-35-30-25-26(32)17-18-29(30)34-21-19-33(4)20-22-34/h5-10,13-18,25H,11-12,19-24,32H2,1-4H3. The van der Waals surface area contributed by atoms with Crippen LogP contribution in [0.2, 0.25) is 5.04 Å². The monoisotopic (exact) mass is 517 g/mol. The van der Waals surface area contributed by atoms with Crippen LogP contribution >= 0.6 is 0 Å². The third-order valence-corrected chi connectivity index (χ3v) is 12.4. The Morgan fingerprint density at radius 1 is 0.784 bits per heavy atom. The van der Waals surface area contributed by atoms with Gasteiger partial charge in [-0.3, -0.25) is 0 Å². The number of nitrogen functional groups attached to an aromatic ring is 1. The first-order valence-electron chi connectivity index (χ1n) is 13.5. The van der Waals surface area contributed by atoms with Crippen molar-refractivity contribution in [1.29, 1.82) is 0 Å². The number of piperazine rings is 1. The van der Waals surface area contributed by atoms with E-state index in [-0.39, 0.29) is 5.04 Å². The van der Waals surface area contributed by atoms with Gasteiger partial charge in [0.25, 0.3) is 8.32 Å². The summed E-state index contributed by atoms with van der Waals surface area (Å²) in [5.74, 6) is 0.887. The van der Waals surface area contributed by atoms with Crippen LogP contribution in [0.4, 0.5) is 11.4 Å². The van der Waals surface area contributed by atoms with Gasteiger partial charge in [-0.15, -0.1) is 0 Å². The molecule has 4 rings (SSSR count). The molecule has 6 heteroatoms. The van der Waals surface area contributed by atoms with E-state index >= 15 is 0 Å². The van der Waals surface area contributed by atoms with Gasteiger partial charge in [0.2, 0.25) is 0 Å². The van der Waals surface area contributed by atoms with Gasteiger partial charge in [0, 0.05) is 44.5 Å². The van der Waals surface area contributed by atoms with Gasteiger partial charge in [-0.1, -0.05) is 81.4 Å². The van der Waals surface area contributed by atoms with Gasteiger partial charge in [-0.2, -0.15) is 0 Å². The number of ether oxygens (including phenoxy) is 1. The second-order valence-corrected chi connectivity index (χ2v) is 15.4. The smallest absolute Gasteiger partial charge is 0.261 e. The Kier molecular flexibility index (Phi) is 8.95. The molecule has 198 valence electrons. The summed E-state index contributed by atoms with van der Waals surface area (Å²) in [6, 6.07) is 27.7. The molecule has 37 heavy (non-hydrogen) atoms. The third-order valence-electron chi connectivity index (χ3n) is 7.36. The minimum Gasteiger partial charge on any atom is -0.491 e. The van der Waals surface area contributed by atoms with E-state index in [4.69, 9.17) is 14.9 Å². The second kappa shape index (κ2) is 12.2. The summed E-state index contributed by atoms with van der Waals surface area (Å²) in [6.07, 6.45) is 1.87. The Labute approximate surface area is 224 Å². The van der Waals surface area contributed by atoms with E-state index in [0.717, 1.165) is 56.1 Å². The van der Waals surface area contributed by atoms with E-state index in [1.54, 1.807) is 0 Å². The molecule has 1 aliphatic rings. The molecule has 2 N–H and O–H groups in total. The number of hydrogen-bond donors (Lipinski definition) is 1. The van der Waals surface area contributed by atoms with Crippen molar-refractivity contribution in [3.63, 3.8) is 0 Å². The van der Waals surface area contributed by atoms with Crippen LogP contribution in [0.3, 0.4) is 0 Å². The summed E-state index contributed by atoms with van der Waals surface area (Å²) >= 11 is 0. The lowest BCUT2D eigenvalue weighted by molar-refractivity contribution is 0.256. The molecule has 0 aliphatic carbocycles. The average Bonchev–Trinajstić information content (AvgIpc) is 2.89. The quantitative estimate of drug-likeness (QED) is 0.239. The van der Waals surface area contributed by atoms with Gasteiger partial charge in [-0.05, 0) is 47.4 Å². The number of unbranched alkanes of at least 4 members (excludes halogenated alkanes) is 1. The van der Waals surface area contributed by atoms with Crippen molar-refractivity contribution in [3.05, 3.63) is 78.9 Å². The minimum atomic E-state index is -2.49. The predicted molar refractivity (Wildman–Crippen MR) is 159 cm³/mol. The van der Waals surface area contributed by atoms with Crippen LogP contribution in [0, 0.1) is 0 Å². The topological polar surface area (TPSA) is 51.0 Å². The van der Waals surface area contributed by atoms with E-state index in [0.29, 0.717) is 13.2 Å². The molecule has 0 aromatic heterocycles. The molecule has 1 fully saturated rings. The average molecular weight is 518 g/mol. The maximum atomic E-state index is 7.02. The number of nitrogens with zero attached hydrogens (tertiary/aromatic N) is 2. The van der Waals surface area contributed by atoms with Gasteiger partial charge >= 0.3 is 0 Å². The first-order chi connectivity index (χ1) is 17.8. The van der Waals surface area contributed by atoms with Crippen LogP contribution in [0.5, 0.6) is 5.75 Å². The molecule has 0 atom stereocenters. The first-order valence-corrected chi connectivity index (χ1v) is 15.4. The lowest BCUT2D eigenvalue weighted by atomic mass is 10.2. The van der Waals surface area contributed by atoms with Crippen LogP contribution in [0.25, 0.3) is 0 Å².